The Balaban J connectivity index is 1.76. The number of benzene rings is 1. The number of amides is 1. The van der Waals surface area contributed by atoms with E-state index in [1.54, 1.807) is 13.0 Å². The molecule has 2 N–H and O–H groups in total. The number of nitrogens with one attached hydrogen (secondary N) is 1. The SMILES string of the molecule is CCn1c(=O)[nH]c2cc(C(=O)N3C(C(=O)O)CC4CCCCC43)ccc2c1=O. The van der Waals surface area contributed by atoms with Gasteiger partial charge in [-0.1, -0.05) is 12.8 Å². The monoisotopic (exact) mass is 385 g/mol. The molecule has 1 aromatic heterocycles. The molecule has 2 heterocycles. The van der Waals surface area contributed by atoms with E-state index in [2.05, 4.69) is 4.98 Å². The molecule has 1 aromatic carbocycles. The predicted molar refractivity (Wildman–Crippen MR) is 102 cm³/mol. The molecular formula is C20H23N3O5. The summed E-state index contributed by atoms with van der Waals surface area (Å²) in [6, 6.07) is 3.65. The smallest absolute Gasteiger partial charge is 0.328 e. The molecule has 2 aromatic rings. The molecule has 0 spiro atoms. The van der Waals surface area contributed by atoms with Crippen LogP contribution in [0.3, 0.4) is 0 Å². The van der Waals surface area contributed by atoms with Crippen molar-refractivity contribution in [1.82, 2.24) is 14.5 Å². The van der Waals surface area contributed by atoms with E-state index in [4.69, 9.17) is 0 Å². The standard InChI is InChI=1S/C20H23N3O5/c1-2-22-18(25)13-8-7-12(9-14(13)21-20(22)28)17(24)23-15-6-4-3-5-11(15)10-16(23)19(26)27/h7-9,11,15-16H,2-6,10H2,1H3,(H,21,28)(H,26,27). The van der Waals surface area contributed by atoms with Crippen LogP contribution >= 0.6 is 0 Å². The van der Waals surface area contributed by atoms with Crippen molar-refractivity contribution >= 4 is 22.8 Å². The number of aromatic amines is 1. The maximum absolute atomic E-state index is 13.2. The largest absolute Gasteiger partial charge is 0.480 e. The van der Waals surface area contributed by atoms with Crippen molar-refractivity contribution in [3.05, 3.63) is 44.6 Å². The number of fused-ring (bicyclic) bond motifs is 2. The van der Waals surface area contributed by atoms with Crippen LogP contribution in [0.4, 0.5) is 0 Å². The van der Waals surface area contributed by atoms with E-state index in [1.165, 1.54) is 17.0 Å². The quantitative estimate of drug-likeness (QED) is 0.833. The first-order valence-corrected chi connectivity index (χ1v) is 9.74. The van der Waals surface area contributed by atoms with E-state index in [1.807, 2.05) is 0 Å². The molecule has 0 bridgehead atoms. The lowest BCUT2D eigenvalue weighted by Gasteiger charge is -2.33. The molecule has 8 heteroatoms. The molecule has 8 nitrogen and oxygen atoms in total. The number of likely N-dealkylation sites (tertiary alicyclic amines) is 1. The van der Waals surface area contributed by atoms with Gasteiger partial charge in [-0.25, -0.2) is 9.59 Å². The van der Waals surface area contributed by atoms with Gasteiger partial charge in [0.2, 0.25) is 0 Å². The molecule has 148 valence electrons. The fourth-order valence-corrected chi connectivity index (χ4v) is 4.80. The number of hydrogen-bond donors (Lipinski definition) is 2. The lowest BCUT2D eigenvalue weighted by atomic mass is 9.84. The highest BCUT2D eigenvalue weighted by Gasteiger charge is 2.47. The van der Waals surface area contributed by atoms with Crippen molar-refractivity contribution in [2.24, 2.45) is 5.92 Å². The minimum absolute atomic E-state index is 0.0646. The van der Waals surface area contributed by atoms with Crippen molar-refractivity contribution in [2.45, 2.75) is 57.7 Å². The number of carbonyl (C=O) groups excluding carboxylic acids is 1. The van der Waals surface area contributed by atoms with Crippen LogP contribution in [0.1, 0.15) is 49.4 Å². The number of H-pyrrole nitrogens is 1. The first-order chi connectivity index (χ1) is 13.4. The number of carboxylic acid groups (broad SMARTS) is 1. The zero-order valence-electron chi connectivity index (χ0n) is 15.7. The molecule has 1 aliphatic heterocycles. The third-order valence-corrected chi connectivity index (χ3v) is 6.15. The van der Waals surface area contributed by atoms with Gasteiger partial charge in [-0.2, -0.15) is 0 Å². The van der Waals surface area contributed by atoms with E-state index in [-0.39, 0.29) is 35.5 Å². The predicted octanol–water partition coefficient (Wildman–Crippen LogP) is 1.57. The van der Waals surface area contributed by atoms with Gasteiger partial charge in [-0.3, -0.25) is 14.2 Å². The topological polar surface area (TPSA) is 112 Å². The fourth-order valence-electron chi connectivity index (χ4n) is 4.80. The molecule has 1 saturated heterocycles. The van der Waals surface area contributed by atoms with Gasteiger partial charge in [0, 0.05) is 18.2 Å². The van der Waals surface area contributed by atoms with E-state index in [0.717, 1.165) is 30.3 Å². The number of carboxylic acids is 1. The van der Waals surface area contributed by atoms with E-state index in [0.29, 0.717) is 11.8 Å². The van der Waals surface area contributed by atoms with Crippen LogP contribution in [0.5, 0.6) is 0 Å². The molecule has 1 saturated carbocycles. The Labute approximate surface area is 160 Å². The summed E-state index contributed by atoms with van der Waals surface area (Å²) in [5, 5.41) is 9.97. The normalized spacial score (nSPS) is 24.3. The fraction of sp³-hybridized carbons (Fsp3) is 0.500. The molecule has 0 radical (unpaired) electrons. The van der Waals surface area contributed by atoms with E-state index >= 15 is 0 Å². The van der Waals surface area contributed by atoms with Crippen molar-refractivity contribution in [3.63, 3.8) is 0 Å². The third kappa shape index (κ3) is 2.83. The van der Waals surface area contributed by atoms with Gasteiger partial charge in [-0.15, -0.1) is 0 Å². The lowest BCUT2D eigenvalue weighted by molar-refractivity contribution is -0.141. The summed E-state index contributed by atoms with van der Waals surface area (Å²) in [4.78, 5) is 53.7. The van der Waals surface area contributed by atoms with Gasteiger partial charge in [-0.05, 0) is 50.3 Å². The Morgan fingerprint density at radius 3 is 2.68 bits per heavy atom. The lowest BCUT2D eigenvalue weighted by Crippen LogP contribution is -2.46. The Hall–Kier alpha value is -2.90. The number of rotatable bonds is 3. The minimum Gasteiger partial charge on any atom is -0.480 e. The Morgan fingerprint density at radius 2 is 1.96 bits per heavy atom. The second-order valence-electron chi connectivity index (χ2n) is 7.65. The summed E-state index contributed by atoms with van der Waals surface area (Å²) < 4.78 is 1.09. The first-order valence-electron chi connectivity index (χ1n) is 9.74. The summed E-state index contributed by atoms with van der Waals surface area (Å²) >= 11 is 0. The zero-order valence-corrected chi connectivity index (χ0v) is 15.7. The molecule has 2 fully saturated rings. The minimum atomic E-state index is -0.984. The van der Waals surface area contributed by atoms with E-state index in [9.17, 15) is 24.3 Å². The number of nitrogens with zero attached hydrogens (tertiary/aromatic N) is 2. The third-order valence-electron chi connectivity index (χ3n) is 6.15. The van der Waals surface area contributed by atoms with Gasteiger partial charge < -0.3 is 15.0 Å². The van der Waals surface area contributed by atoms with Crippen LogP contribution in [-0.2, 0) is 11.3 Å². The average molecular weight is 385 g/mol. The number of aromatic nitrogens is 2. The molecular weight excluding hydrogens is 362 g/mol. The molecule has 1 aliphatic carbocycles. The highest BCUT2D eigenvalue weighted by Crippen LogP contribution is 2.40. The summed E-state index contributed by atoms with van der Waals surface area (Å²) in [7, 11) is 0. The Bertz CT molecular complexity index is 1070. The zero-order chi connectivity index (χ0) is 20.0. The average Bonchev–Trinajstić information content (AvgIpc) is 3.07. The number of carbonyl (C=O) groups is 2. The van der Waals surface area contributed by atoms with Crippen molar-refractivity contribution in [2.75, 3.05) is 0 Å². The molecule has 2 aliphatic rings. The Kier molecular flexibility index (Phi) is 4.56. The van der Waals surface area contributed by atoms with Gasteiger partial charge in [0.1, 0.15) is 6.04 Å². The molecule has 28 heavy (non-hydrogen) atoms. The van der Waals surface area contributed by atoms with Crippen LogP contribution in [0.2, 0.25) is 0 Å². The summed E-state index contributed by atoms with van der Waals surface area (Å²) in [6.07, 6.45) is 4.29. The van der Waals surface area contributed by atoms with Gasteiger partial charge >= 0.3 is 11.7 Å². The highest BCUT2D eigenvalue weighted by atomic mass is 16.4. The van der Waals surface area contributed by atoms with Gasteiger partial charge in [0.05, 0.1) is 10.9 Å². The number of aliphatic carboxylic acids is 1. The second-order valence-corrected chi connectivity index (χ2v) is 7.65. The van der Waals surface area contributed by atoms with Crippen LogP contribution < -0.4 is 11.2 Å². The van der Waals surface area contributed by atoms with Crippen LogP contribution in [-0.4, -0.2) is 43.5 Å². The van der Waals surface area contributed by atoms with E-state index < -0.39 is 23.3 Å². The van der Waals surface area contributed by atoms with Crippen molar-refractivity contribution < 1.29 is 14.7 Å². The maximum atomic E-state index is 13.2. The van der Waals surface area contributed by atoms with Crippen molar-refractivity contribution in [3.8, 4) is 0 Å². The molecule has 1 amide bonds. The summed E-state index contributed by atoms with van der Waals surface area (Å²) in [5.74, 6) is -1.12. The van der Waals surface area contributed by atoms with Crippen molar-refractivity contribution in [1.29, 1.82) is 0 Å². The molecule has 4 rings (SSSR count). The van der Waals surface area contributed by atoms with Crippen LogP contribution in [0.15, 0.2) is 27.8 Å². The number of hydrogen-bond acceptors (Lipinski definition) is 4. The van der Waals surface area contributed by atoms with Gasteiger partial charge in [0.15, 0.2) is 0 Å². The summed E-state index contributed by atoms with van der Waals surface area (Å²) in [6.45, 7) is 1.96. The molecule has 3 unspecified atom stereocenters. The first kappa shape index (κ1) is 18.5. The molecule has 3 atom stereocenters. The van der Waals surface area contributed by atoms with Crippen LogP contribution in [0.25, 0.3) is 10.9 Å². The maximum Gasteiger partial charge on any atom is 0.328 e. The summed E-state index contributed by atoms with van der Waals surface area (Å²) in [5.41, 5.74) is -0.357. The van der Waals surface area contributed by atoms with Gasteiger partial charge in [0.25, 0.3) is 11.5 Å². The highest BCUT2D eigenvalue weighted by molar-refractivity contribution is 6.00. The Morgan fingerprint density at radius 1 is 1.21 bits per heavy atom. The van der Waals surface area contributed by atoms with Crippen LogP contribution in [0, 0.1) is 5.92 Å². The second kappa shape index (κ2) is 6.92.